The summed E-state index contributed by atoms with van der Waals surface area (Å²) < 4.78 is 0. The van der Waals surface area contributed by atoms with Gasteiger partial charge in [0.1, 0.15) is 17.0 Å². The number of fused-ring (bicyclic) bond motifs is 1. The van der Waals surface area contributed by atoms with Gasteiger partial charge in [0.05, 0.1) is 5.39 Å². The molecule has 1 aliphatic rings. The zero-order valence-corrected chi connectivity index (χ0v) is 14.6. The van der Waals surface area contributed by atoms with Gasteiger partial charge in [0.2, 0.25) is 0 Å². The molecule has 6 heteroatoms. The maximum absolute atomic E-state index is 4.47. The quantitative estimate of drug-likeness (QED) is 0.681. The van der Waals surface area contributed by atoms with E-state index in [0.29, 0.717) is 18.0 Å². The van der Waals surface area contributed by atoms with Crippen molar-refractivity contribution in [2.24, 2.45) is 5.92 Å². The minimum Gasteiger partial charge on any atom is -0.369 e. The first kappa shape index (κ1) is 15.5. The summed E-state index contributed by atoms with van der Waals surface area (Å²) in [5.74, 6) is 1.44. The van der Waals surface area contributed by atoms with E-state index in [1.54, 1.807) is 17.7 Å². The Bertz CT molecular complexity index is 822. The van der Waals surface area contributed by atoms with Crippen molar-refractivity contribution < 1.29 is 0 Å². The number of hydrogen-bond acceptors (Lipinski definition) is 6. The first-order valence-electron chi connectivity index (χ1n) is 8.27. The Balaban J connectivity index is 1.60. The van der Waals surface area contributed by atoms with Gasteiger partial charge >= 0.3 is 0 Å². The maximum atomic E-state index is 4.47. The number of nitrogens with one attached hydrogen (secondary N) is 3. The van der Waals surface area contributed by atoms with E-state index < -0.39 is 0 Å². The monoisotopic (exact) mass is 339 g/mol. The fraction of sp³-hybridized carbons (Fsp3) is 0.333. The van der Waals surface area contributed by atoms with Gasteiger partial charge in [0, 0.05) is 29.4 Å². The number of aromatic nitrogens is 2. The highest BCUT2D eigenvalue weighted by atomic mass is 32.1. The second-order valence-corrected chi connectivity index (χ2v) is 7.36. The lowest BCUT2D eigenvalue weighted by molar-refractivity contribution is 0.466. The van der Waals surface area contributed by atoms with Gasteiger partial charge in [-0.25, -0.2) is 9.97 Å². The molecule has 3 aromatic rings. The van der Waals surface area contributed by atoms with Crippen molar-refractivity contribution in [2.45, 2.75) is 25.9 Å². The van der Waals surface area contributed by atoms with Gasteiger partial charge in [-0.1, -0.05) is 30.3 Å². The van der Waals surface area contributed by atoms with Crippen molar-refractivity contribution in [3.05, 3.63) is 42.7 Å². The molecule has 24 heavy (non-hydrogen) atoms. The second kappa shape index (κ2) is 6.47. The fourth-order valence-corrected chi connectivity index (χ4v) is 4.22. The molecular weight excluding hydrogens is 318 g/mol. The zero-order chi connectivity index (χ0) is 16.5. The molecule has 5 nitrogen and oxygen atoms in total. The van der Waals surface area contributed by atoms with E-state index in [-0.39, 0.29) is 0 Å². The van der Waals surface area contributed by atoms with Gasteiger partial charge in [-0.3, -0.25) is 10.9 Å². The topological polar surface area (TPSA) is 61.9 Å². The van der Waals surface area contributed by atoms with Gasteiger partial charge < -0.3 is 5.32 Å². The van der Waals surface area contributed by atoms with Crippen LogP contribution in [-0.4, -0.2) is 28.6 Å². The van der Waals surface area contributed by atoms with E-state index in [4.69, 9.17) is 0 Å². The molecule has 1 aromatic carbocycles. The first-order chi connectivity index (χ1) is 11.7. The normalized spacial score (nSPS) is 23.7. The van der Waals surface area contributed by atoms with Crippen molar-refractivity contribution in [3.63, 3.8) is 0 Å². The Morgan fingerprint density at radius 3 is 2.58 bits per heavy atom. The molecule has 3 N–H and O–H groups in total. The van der Waals surface area contributed by atoms with Crippen molar-refractivity contribution >= 4 is 27.4 Å². The summed E-state index contributed by atoms with van der Waals surface area (Å²) in [5.41, 5.74) is 7.82. The summed E-state index contributed by atoms with van der Waals surface area (Å²) in [6.45, 7) is 5.29. The Morgan fingerprint density at radius 2 is 1.83 bits per heavy atom. The third-order valence-corrected chi connectivity index (χ3v) is 5.81. The summed E-state index contributed by atoms with van der Waals surface area (Å²) in [6.07, 6.45) is 1.65. The zero-order valence-electron chi connectivity index (χ0n) is 13.8. The van der Waals surface area contributed by atoms with Crippen molar-refractivity contribution in [1.82, 2.24) is 20.8 Å². The number of rotatable bonds is 4. The Kier molecular flexibility index (Phi) is 4.18. The predicted octanol–water partition coefficient (Wildman–Crippen LogP) is 3.27. The number of thiophene rings is 1. The van der Waals surface area contributed by atoms with Crippen LogP contribution in [0.2, 0.25) is 0 Å². The molecule has 3 heterocycles. The van der Waals surface area contributed by atoms with Crippen LogP contribution in [0.3, 0.4) is 0 Å². The van der Waals surface area contributed by atoms with Crippen molar-refractivity contribution in [1.29, 1.82) is 0 Å². The third kappa shape index (κ3) is 2.88. The Morgan fingerprint density at radius 1 is 1.08 bits per heavy atom. The lowest BCUT2D eigenvalue weighted by atomic mass is 9.97. The Labute approximate surface area is 145 Å². The van der Waals surface area contributed by atoms with E-state index in [2.05, 4.69) is 70.3 Å². The van der Waals surface area contributed by atoms with Gasteiger partial charge in [0.15, 0.2) is 0 Å². The van der Waals surface area contributed by atoms with Gasteiger partial charge in [0.25, 0.3) is 0 Å². The lowest BCUT2D eigenvalue weighted by Gasteiger charge is -2.18. The molecule has 0 bridgehead atoms. The summed E-state index contributed by atoms with van der Waals surface area (Å²) in [5, 5.41) is 4.63. The van der Waals surface area contributed by atoms with Crippen LogP contribution in [0, 0.1) is 5.92 Å². The smallest absolute Gasteiger partial charge is 0.138 e. The lowest BCUT2D eigenvalue weighted by Crippen LogP contribution is -2.30. The molecule has 0 amide bonds. The fourth-order valence-electron chi connectivity index (χ4n) is 3.22. The molecular formula is C18H21N5S. The molecule has 2 unspecified atom stereocenters. The van der Waals surface area contributed by atoms with Gasteiger partial charge in [-0.15, -0.1) is 11.3 Å². The second-order valence-electron chi connectivity index (χ2n) is 6.33. The standard InChI is InChI=1S/C18H21N5S/c1-11-15(12(2)23-22-11)9-19-17-14-8-16(13-6-4-3-5-7-13)24-18(14)21-10-20-17/h3-8,10-12,15,22-23H,9H2,1-2H3,(H,19,20,21). The summed E-state index contributed by atoms with van der Waals surface area (Å²) >= 11 is 1.71. The van der Waals surface area contributed by atoms with E-state index in [1.807, 2.05) is 6.07 Å². The molecule has 0 aliphatic carbocycles. The Hall–Kier alpha value is -2.02. The SMILES string of the molecule is CC1NNC(C)C1CNc1ncnc2sc(-c3ccccc3)cc12. The highest BCUT2D eigenvalue weighted by molar-refractivity contribution is 7.21. The number of nitrogens with zero attached hydrogens (tertiary/aromatic N) is 2. The van der Waals surface area contributed by atoms with Crippen LogP contribution in [0.15, 0.2) is 42.7 Å². The highest BCUT2D eigenvalue weighted by Gasteiger charge is 2.29. The number of hydrogen-bond donors (Lipinski definition) is 3. The summed E-state index contributed by atoms with van der Waals surface area (Å²) in [6, 6.07) is 13.5. The van der Waals surface area contributed by atoms with Crippen LogP contribution in [0.25, 0.3) is 20.7 Å². The third-order valence-electron chi connectivity index (χ3n) is 4.72. The van der Waals surface area contributed by atoms with E-state index in [9.17, 15) is 0 Å². The summed E-state index contributed by atoms with van der Waals surface area (Å²) in [7, 11) is 0. The van der Waals surface area contributed by atoms with Gasteiger partial charge in [-0.05, 0) is 25.5 Å². The molecule has 2 atom stereocenters. The van der Waals surface area contributed by atoms with Crippen LogP contribution in [0.5, 0.6) is 0 Å². The number of hydrazine groups is 1. The largest absolute Gasteiger partial charge is 0.369 e. The molecule has 1 fully saturated rings. The van der Waals surface area contributed by atoms with Crippen LogP contribution < -0.4 is 16.2 Å². The minimum atomic E-state index is 0.437. The summed E-state index contributed by atoms with van der Waals surface area (Å²) in [4.78, 5) is 11.2. The van der Waals surface area contributed by atoms with Crippen LogP contribution in [-0.2, 0) is 0 Å². The van der Waals surface area contributed by atoms with Crippen LogP contribution in [0.4, 0.5) is 5.82 Å². The predicted molar refractivity (Wildman–Crippen MR) is 100 cm³/mol. The van der Waals surface area contributed by atoms with Crippen molar-refractivity contribution in [2.75, 3.05) is 11.9 Å². The van der Waals surface area contributed by atoms with Crippen molar-refractivity contribution in [3.8, 4) is 10.4 Å². The molecule has 1 saturated heterocycles. The first-order valence-corrected chi connectivity index (χ1v) is 9.09. The average molecular weight is 339 g/mol. The maximum Gasteiger partial charge on any atom is 0.138 e. The molecule has 0 saturated carbocycles. The highest BCUT2D eigenvalue weighted by Crippen LogP contribution is 2.34. The van der Waals surface area contributed by atoms with Gasteiger partial charge in [-0.2, -0.15) is 0 Å². The average Bonchev–Trinajstić information content (AvgIpc) is 3.18. The molecule has 2 aromatic heterocycles. The number of anilines is 1. The van der Waals surface area contributed by atoms with Crippen LogP contribution in [0.1, 0.15) is 13.8 Å². The van der Waals surface area contributed by atoms with Crippen LogP contribution >= 0.6 is 11.3 Å². The molecule has 1 aliphatic heterocycles. The van der Waals surface area contributed by atoms with E-state index in [0.717, 1.165) is 22.6 Å². The molecule has 4 rings (SSSR count). The number of benzene rings is 1. The molecule has 0 spiro atoms. The minimum absolute atomic E-state index is 0.437. The molecule has 0 radical (unpaired) electrons. The van der Waals surface area contributed by atoms with E-state index in [1.165, 1.54) is 10.4 Å². The molecule has 124 valence electrons. The van der Waals surface area contributed by atoms with E-state index >= 15 is 0 Å².